The van der Waals surface area contributed by atoms with Crippen LogP contribution >= 0.6 is 45.2 Å². The number of benzene rings is 1. The zero-order chi connectivity index (χ0) is 16.4. The highest BCUT2D eigenvalue weighted by Crippen LogP contribution is 2.28. The summed E-state index contributed by atoms with van der Waals surface area (Å²) in [6.45, 7) is 0. The number of aromatic amines is 2. The van der Waals surface area contributed by atoms with Crippen LogP contribution in [0.5, 0.6) is 5.75 Å². The Kier molecular flexibility index (Phi) is 5.00. The van der Waals surface area contributed by atoms with E-state index in [1.54, 1.807) is 17.1 Å². The number of phenolic OH excluding ortho intramolecular Hbond substituents is 1. The van der Waals surface area contributed by atoms with Crippen molar-refractivity contribution in [2.75, 3.05) is 0 Å². The Labute approximate surface area is 149 Å². The molecule has 0 saturated heterocycles. The number of rotatable bonds is 3. The fourth-order valence-corrected chi connectivity index (χ4v) is 3.48. The van der Waals surface area contributed by atoms with Crippen molar-refractivity contribution in [2.45, 2.75) is 0 Å². The molecule has 0 unspecified atom stereocenters. The molecule has 2 rings (SSSR count). The molecule has 0 fully saturated rings. The van der Waals surface area contributed by atoms with E-state index in [1.807, 2.05) is 45.2 Å². The van der Waals surface area contributed by atoms with Crippen LogP contribution in [0, 0.1) is 17.3 Å². The van der Waals surface area contributed by atoms with Gasteiger partial charge in [0.25, 0.3) is 0 Å². The molecular formula is C12H7I2N3O5. The maximum Gasteiger partial charge on any atom is 0.357 e. The van der Waals surface area contributed by atoms with Gasteiger partial charge in [-0.3, -0.25) is 19.9 Å². The lowest BCUT2D eigenvalue weighted by molar-refractivity contribution is -0.386. The largest absolute Gasteiger partial charge is 0.506 e. The van der Waals surface area contributed by atoms with Gasteiger partial charge in [-0.1, -0.05) is 6.08 Å². The standard InChI is InChI=1S/C12H7I2N3O5/c13-6-3-5(4-7(14)10(6)18)1-2-8-9(17(21)22)11(19)16-12(20)15-8/h1-4,18H,(H2,15,16,19,20)/b2-1-. The first-order valence-corrected chi connectivity index (χ1v) is 7.82. The van der Waals surface area contributed by atoms with Crippen LogP contribution in [0.15, 0.2) is 21.7 Å². The van der Waals surface area contributed by atoms with Gasteiger partial charge in [-0.25, -0.2) is 4.79 Å². The van der Waals surface area contributed by atoms with Crippen molar-refractivity contribution in [2.24, 2.45) is 0 Å². The first-order valence-electron chi connectivity index (χ1n) is 5.66. The van der Waals surface area contributed by atoms with Gasteiger partial charge in [0.05, 0.1) is 12.1 Å². The first kappa shape index (κ1) is 16.7. The van der Waals surface area contributed by atoms with Gasteiger partial charge in [-0.05, 0) is 69.0 Å². The maximum absolute atomic E-state index is 11.5. The summed E-state index contributed by atoms with van der Waals surface area (Å²) < 4.78 is 1.22. The van der Waals surface area contributed by atoms with Gasteiger partial charge in [-0.15, -0.1) is 0 Å². The number of nitrogens with zero attached hydrogens (tertiary/aromatic N) is 1. The van der Waals surface area contributed by atoms with Gasteiger partial charge in [0.15, 0.2) is 0 Å². The third kappa shape index (κ3) is 3.55. The van der Waals surface area contributed by atoms with Gasteiger partial charge < -0.3 is 10.1 Å². The van der Waals surface area contributed by atoms with Gasteiger partial charge in [0, 0.05) is 0 Å². The van der Waals surface area contributed by atoms with Crippen LogP contribution < -0.4 is 11.2 Å². The molecule has 0 aliphatic carbocycles. The fourth-order valence-electron chi connectivity index (χ4n) is 1.66. The molecule has 0 radical (unpaired) electrons. The van der Waals surface area contributed by atoms with Crippen LogP contribution in [0.1, 0.15) is 11.3 Å². The fraction of sp³-hybridized carbons (Fsp3) is 0. The normalized spacial score (nSPS) is 11.0. The molecule has 8 nitrogen and oxygen atoms in total. The SMILES string of the molecule is O=c1[nH]c(/C=C\c2cc(I)c(O)c(I)c2)c([N+](=O)[O-])c(=O)[nH]1. The molecule has 1 aromatic carbocycles. The lowest BCUT2D eigenvalue weighted by Gasteiger charge is -2.02. The molecule has 114 valence electrons. The molecule has 10 heteroatoms. The highest BCUT2D eigenvalue weighted by Gasteiger charge is 2.18. The number of nitro groups is 1. The highest BCUT2D eigenvalue weighted by molar-refractivity contribution is 14.1. The summed E-state index contributed by atoms with van der Waals surface area (Å²) in [7, 11) is 0. The van der Waals surface area contributed by atoms with E-state index in [0.29, 0.717) is 12.7 Å². The van der Waals surface area contributed by atoms with E-state index < -0.39 is 21.9 Å². The monoisotopic (exact) mass is 527 g/mol. The van der Waals surface area contributed by atoms with Gasteiger partial charge in [-0.2, -0.15) is 0 Å². The molecule has 3 N–H and O–H groups in total. The second kappa shape index (κ2) is 6.60. The lowest BCUT2D eigenvalue weighted by Crippen LogP contribution is -2.25. The molecule has 1 heterocycles. The smallest absolute Gasteiger partial charge is 0.357 e. The summed E-state index contributed by atoms with van der Waals surface area (Å²) in [4.78, 5) is 36.8. The molecule has 22 heavy (non-hydrogen) atoms. The van der Waals surface area contributed by atoms with Gasteiger partial charge in [0.2, 0.25) is 0 Å². The minimum Gasteiger partial charge on any atom is -0.506 e. The Hall–Kier alpha value is -1.70. The van der Waals surface area contributed by atoms with E-state index in [2.05, 4.69) is 4.98 Å². The first-order chi connectivity index (χ1) is 10.3. The molecule has 0 amide bonds. The molecular weight excluding hydrogens is 520 g/mol. The topological polar surface area (TPSA) is 129 Å². The van der Waals surface area contributed by atoms with Crippen molar-refractivity contribution in [3.8, 4) is 5.75 Å². The number of aromatic nitrogens is 2. The predicted octanol–water partition coefficient (Wildman–Crippen LogP) is 2.06. The number of halogens is 2. The average Bonchev–Trinajstić information content (AvgIpc) is 2.41. The van der Waals surface area contributed by atoms with E-state index in [-0.39, 0.29) is 11.4 Å². The summed E-state index contributed by atoms with van der Waals surface area (Å²) in [5.41, 5.74) is -2.17. The van der Waals surface area contributed by atoms with Crippen LogP contribution in [-0.2, 0) is 0 Å². The van der Waals surface area contributed by atoms with Gasteiger partial charge in [0.1, 0.15) is 11.4 Å². The van der Waals surface area contributed by atoms with E-state index in [1.165, 1.54) is 12.2 Å². The number of aromatic hydroxyl groups is 1. The summed E-state index contributed by atoms with van der Waals surface area (Å²) in [6.07, 6.45) is 2.77. The van der Waals surface area contributed by atoms with Crippen LogP contribution in [0.25, 0.3) is 12.2 Å². The second-order valence-corrected chi connectivity index (χ2v) is 6.42. The Bertz CT molecular complexity index is 877. The lowest BCUT2D eigenvalue weighted by atomic mass is 10.2. The Morgan fingerprint density at radius 3 is 2.27 bits per heavy atom. The molecule has 2 aromatic rings. The molecule has 1 aromatic heterocycles. The molecule has 0 aliphatic heterocycles. The van der Waals surface area contributed by atoms with Crippen LogP contribution in [0.3, 0.4) is 0 Å². The Morgan fingerprint density at radius 2 is 1.73 bits per heavy atom. The van der Waals surface area contributed by atoms with Gasteiger partial charge >= 0.3 is 16.9 Å². The number of nitrogens with one attached hydrogen (secondary N) is 2. The molecule has 0 bridgehead atoms. The zero-order valence-corrected chi connectivity index (χ0v) is 14.9. The van der Waals surface area contributed by atoms with Crippen molar-refractivity contribution in [3.05, 3.63) is 61.5 Å². The minimum absolute atomic E-state index is 0.147. The third-order valence-corrected chi connectivity index (χ3v) is 4.25. The van der Waals surface area contributed by atoms with Crippen LogP contribution in [0.4, 0.5) is 5.69 Å². The summed E-state index contributed by atoms with van der Waals surface area (Å²) in [5, 5.41) is 20.6. The van der Waals surface area contributed by atoms with Crippen molar-refractivity contribution in [3.63, 3.8) is 0 Å². The number of phenols is 1. The zero-order valence-electron chi connectivity index (χ0n) is 10.6. The predicted molar refractivity (Wildman–Crippen MR) is 96.8 cm³/mol. The van der Waals surface area contributed by atoms with Crippen molar-refractivity contribution in [1.82, 2.24) is 9.97 Å². The number of H-pyrrole nitrogens is 2. The highest BCUT2D eigenvalue weighted by atomic mass is 127. The molecule has 0 atom stereocenters. The molecule has 0 aliphatic rings. The summed E-state index contributed by atoms with van der Waals surface area (Å²) in [6, 6.07) is 3.32. The maximum atomic E-state index is 11.5. The summed E-state index contributed by atoms with van der Waals surface area (Å²) in [5.74, 6) is 0.147. The Balaban J connectivity index is 2.53. The average molecular weight is 527 g/mol. The summed E-state index contributed by atoms with van der Waals surface area (Å²) >= 11 is 3.90. The van der Waals surface area contributed by atoms with Crippen molar-refractivity contribution < 1.29 is 10.0 Å². The molecule has 0 spiro atoms. The van der Waals surface area contributed by atoms with Crippen LogP contribution in [-0.4, -0.2) is 20.0 Å². The van der Waals surface area contributed by atoms with Crippen LogP contribution in [0.2, 0.25) is 0 Å². The van der Waals surface area contributed by atoms with E-state index >= 15 is 0 Å². The van der Waals surface area contributed by atoms with E-state index in [9.17, 15) is 24.8 Å². The van der Waals surface area contributed by atoms with Crippen molar-refractivity contribution in [1.29, 1.82) is 0 Å². The van der Waals surface area contributed by atoms with E-state index in [4.69, 9.17) is 0 Å². The quantitative estimate of drug-likeness (QED) is 0.320. The second-order valence-electron chi connectivity index (χ2n) is 4.09. The van der Waals surface area contributed by atoms with E-state index in [0.717, 1.165) is 0 Å². The minimum atomic E-state index is -1.07. The Morgan fingerprint density at radius 1 is 1.14 bits per heavy atom. The van der Waals surface area contributed by atoms with Crippen molar-refractivity contribution >= 4 is 63.0 Å². The third-order valence-electron chi connectivity index (χ3n) is 2.61. The number of hydrogen-bond donors (Lipinski definition) is 3. The molecule has 0 saturated carbocycles. The number of hydrogen-bond acceptors (Lipinski definition) is 5.